The topological polar surface area (TPSA) is 8.17 Å². The summed E-state index contributed by atoms with van der Waals surface area (Å²) in [4.78, 5) is 2.43. The van der Waals surface area contributed by atoms with Crippen molar-refractivity contribution in [2.24, 2.45) is 0 Å². The molecule has 0 radical (unpaired) electrons. The Morgan fingerprint density at radius 2 is 0.761 bits per heavy atom. The average Bonchev–Trinajstić information content (AvgIpc) is 3.95. The highest BCUT2D eigenvalue weighted by molar-refractivity contribution is 7.25. The lowest BCUT2D eigenvalue weighted by Gasteiger charge is -2.28. The number of rotatable bonds is 8. The van der Waals surface area contributed by atoms with Crippen molar-refractivity contribution in [3.05, 3.63) is 255 Å². The normalized spacial score (nSPS) is 11.6. The van der Waals surface area contributed by atoms with Crippen molar-refractivity contribution in [1.82, 2.24) is 4.57 Å². The molecule has 2 aromatic heterocycles. The second-order valence-electron chi connectivity index (χ2n) is 17.2. The Kier molecular flexibility index (Phi) is 9.40. The molecule has 2 heterocycles. The largest absolute Gasteiger partial charge is 0.310 e. The predicted octanol–water partition coefficient (Wildman–Crippen LogP) is 18.4. The molecule has 0 aliphatic heterocycles. The van der Waals surface area contributed by atoms with Crippen molar-refractivity contribution in [2.75, 3.05) is 4.90 Å². The number of aromatic nitrogens is 1. The molecule has 0 fully saturated rings. The lowest BCUT2D eigenvalue weighted by atomic mass is 9.95. The number of thiophene rings is 1. The molecule has 0 saturated heterocycles. The second-order valence-corrected chi connectivity index (χ2v) is 18.3. The summed E-state index contributed by atoms with van der Waals surface area (Å²) in [7, 11) is 0. The van der Waals surface area contributed by atoms with Gasteiger partial charge in [0.25, 0.3) is 0 Å². The summed E-state index contributed by atoms with van der Waals surface area (Å²) in [5, 5.41) is 7.63. The lowest BCUT2D eigenvalue weighted by Crippen LogP contribution is -2.11. The predicted molar refractivity (Wildman–Crippen MR) is 288 cm³/mol. The highest BCUT2D eigenvalue weighted by atomic mass is 32.1. The number of anilines is 3. The Morgan fingerprint density at radius 3 is 1.49 bits per heavy atom. The monoisotopic (exact) mass is 870 g/mol. The molecule has 0 aliphatic carbocycles. The van der Waals surface area contributed by atoms with Crippen LogP contribution in [-0.2, 0) is 0 Å². The molecule has 0 spiro atoms. The van der Waals surface area contributed by atoms with E-state index in [1.54, 1.807) is 0 Å². The van der Waals surface area contributed by atoms with E-state index in [2.05, 4.69) is 264 Å². The molecule has 11 aromatic carbocycles. The molecular formula is C64H42N2S. The number of hydrogen-bond donors (Lipinski definition) is 0. The van der Waals surface area contributed by atoms with Crippen molar-refractivity contribution in [2.45, 2.75) is 0 Å². The maximum atomic E-state index is 2.43. The minimum Gasteiger partial charge on any atom is -0.310 e. The molecule has 0 unspecified atom stereocenters. The summed E-state index contributed by atoms with van der Waals surface area (Å²) >= 11 is 1.86. The third kappa shape index (κ3) is 6.63. The number of para-hydroxylation sites is 4. The Labute approximate surface area is 393 Å². The highest BCUT2D eigenvalue weighted by Gasteiger charge is 2.21. The summed E-state index contributed by atoms with van der Waals surface area (Å²) in [5.41, 5.74) is 16.4. The first-order valence-corrected chi connectivity index (χ1v) is 23.7. The Hall–Kier alpha value is -8.50. The van der Waals surface area contributed by atoms with E-state index in [-0.39, 0.29) is 0 Å². The maximum absolute atomic E-state index is 2.43. The molecule has 0 saturated carbocycles. The summed E-state index contributed by atoms with van der Waals surface area (Å²) in [6.45, 7) is 0. The van der Waals surface area contributed by atoms with Crippen molar-refractivity contribution in [1.29, 1.82) is 0 Å². The summed E-state index contributed by atoms with van der Waals surface area (Å²) in [5.74, 6) is 0. The number of benzene rings is 11. The zero-order valence-electron chi connectivity index (χ0n) is 36.6. The zero-order valence-corrected chi connectivity index (χ0v) is 37.4. The highest BCUT2D eigenvalue weighted by Crippen LogP contribution is 2.47. The van der Waals surface area contributed by atoms with Gasteiger partial charge in [-0.3, -0.25) is 0 Å². The van der Waals surface area contributed by atoms with Crippen LogP contribution in [0.15, 0.2) is 255 Å². The van der Waals surface area contributed by atoms with Gasteiger partial charge in [0.05, 0.1) is 22.4 Å². The standard InChI is InChI=1S/C64H42N2S/c1-2-17-50-45(15-1)16-13-23-51(50)46-33-31-43(32-34-46)44-35-39-48(40-36-44)65(59-26-9-6-21-55(59)56-24-14-30-63-64(56)57-22-7-12-29-62(57)67-63)49-41-37-47(38-42-49)52-18-3-8-25-58(52)66-60-27-10-4-19-53(60)54-20-5-11-28-61(54)66/h1-42H. The Bertz CT molecular complexity index is 3910. The molecule has 0 atom stereocenters. The van der Waals surface area contributed by atoms with Crippen LogP contribution in [0.3, 0.4) is 0 Å². The molecule has 314 valence electrons. The van der Waals surface area contributed by atoms with E-state index >= 15 is 0 Å². The molecule has 13 rings (SSSR count). The molecule has 2 nitrogen and oxygen atoms in total. The first kappa shape index (κ1) is 38.9. The fourth-order valence-corrected chi connectivity index (χ4v) is 11.5. The average molecular weight is 871 g/mol. The summed E-state index contributed by atoms with van der Waals surface area (Å²) in [6, 6.07) is 93.1. The lowest BCUT2D eigenvalue weighted by molar-refractivity contribution is 1.18. The minimum atomic E-state index is 1.08. The van der Waals surface area contributed by atoms with E-state index in [0.717, 1.165) is 28.3 Å². The molecule has 0 bridgehead atoms. The van der Waals surface area contributed by atoms with Crippen LogP contribution in [0, 0.1) is 0 Å². The summed E-state index contributed by atoms with van der Waals surface area (Å²) < 4.78 is 5.02. The SMILES string of the molecule is c1ccc(N(c2ccc(-c3ccc(-c4cccc5ccccc45)cc3)cc2)c2ccc(-c3ccccc3-n3c4ccccc4c4ccccc43)cc2)c(-c2cccc3sc4ccccc4c23)c1. The fourth-order valence-electron chi connectivity index (χ4n) is 10.3. The van der Waals surface area contributed by atoms with Gasteiger partial charge in [-0.2, -0.15) is 0 Å². The first-order chi connectivity index (χ1) is 33.2. The third-order valence-corrected chi connectivity index (χ3v) is 14.6. The van der Waals surface area contributed by atoms with Gasteiger partial charge in [-0.05, 0) is 105 Å². The Morgan fingerprint density at radius 1 is 0.299 bits per heavy atom. The number of hydrogen-bond acceptors (Lipinski definition) is 2. The van der Waals surface area contributed by atoms with Crippen molar-refractivity contribution in [3.8, 4) is 50.2 Å². The molecule has 0 aliphatic rings. The van der Waals surface area contributed by atoms with Crippen molar-refractivity contribution < 1.29 is 0 Å². The third-order valence-electron chi connectivity index (χ3n) is 13.4. The van der Waals surface area contributed by atoms with E-state index < -0.39 is 0 Å². The number of nitrogens with zero attached hydrogens (tertiary/aromatic N) is 2. The minimum absolute atomic E-state index is 1.08. The van der Waals surface area contributed by atoms with Crippen LogP contribution in [0.2, 0.25) is 0 Å². The first-order valence-electron chi connectivity index (χ1n) is 22.9. The van der Waals surface area contributed by atoms with E-state index in [9.17, 15) is 0 Å². The van der Waals surface area contributed by atoms with Gasteiger partial charge in [0.2, 0.25) is 0 Å². The van der Waals surface area contributed by atoms with Gasteiger partial charge in [-0.1, -0.05) is 194 Å². The molecule has 3 heteroatoms. The van der Waals surface area contributed by atoms with E-state index in [1.165, 1.54) is 91.7 Å². The van der Waals surface area contributed by atoms with Crippen LogP contribution in [-0.4, -0.2) is 4.57 Å². The van der Waals surface area contributed by atoms with Crippen LogP contribution < -0.4 is 4.90 Å². The summed E-state index contributed by atoms with van der Waals surface area (Å²) in [6.07, 6.45) is 0. The van der Waals surface area contributed by atoms with E-state index in [0.29, 0.717) is 0 Å². The van der Waals surface area contributed by atoms with Crippen molar-refractivity contribution in [3.63, 3.8) is 0 Å². The van der Waals surface area contributed by atoms with Crippen molar-refractivity contribution >= 4 is 81.1 Å². The molecule has 0 amide bonds. The molecule has 67 heavy (non-hydrogen) atoms. The van der Waals surface area contributed by atoms with Crippen LogP contribution in [0.4, 0.5) is 17.1 Å². The number of fused-ring (bicyclic) bond motifs is 7. The Balaban J connectivity index is 0.929. The van der Waals surface area contributed by atoms with Crippen LogP contribution >= 0.6 is 11.3 Å². The fraction of sp³-hybridized carbons (Fsp3) is 0. The van der Waals surface area contributed by atoms with Gasteiger partial charge in [-0.15, -0.1) is 11.3 Å². The van der Waals surface area contributed by atoms with Crippen LogP contribution in [0.5, 0.6) is 0 Å². The van der Waals surface area contributed by atoms with E-state index in [4.69, 9.17) is 0 Å². The van der Waals surface area contributed by atoms with Crippen LogP contribution in [0.25, 0.3) is 103 Å². The molecule has 0 N–H and O–H groups in total. The second kappa shape index (κ2) is 16.2. The van der Waals surface area contributed by atoms with E-state index in [1.807, 2.05) is 11.3 Å². The smallest absolute Gasteiger partial charge is 0.0541 e. The zero-order chi connectivity index (χ0) is 44.3. The van der Waals surface area contributed by atoms with Gasteiger partial charge in [0.15, 0.2) is 0 Å². The van der Waals surface area contributed by atoms with Gasteiger partial charge in [-0.25, -0.2) is 0 Å². The van der Waals surface area contributed by atoms with Gasteiger partial charge in [0, 0.05) is 53.4 Å². The molecule has 13 aromatic rings. The van der Waals surface area contributed by atoms with Gasteiger partial charge >= 0.3 is 0 Å². The van der Waals surface area contributed by atoms with Gasteiger partial charge in [0.1, 0.15) is 0 Å². The van der Waals surface area contributed by atoms with Crippen LogP contribution in [0.1, 0.15) is 0 Å². The maximum Gasteiger partial charge on any atom is 0.0541 e. The quantitative estimate of drug-likeness (QED) is 0.148. The van der Waals surface area contributed by atoms with Gasteiger partial charge < -0.3 is 9.47 Å². The molecular weight excluding hydrogens is 829 g/mol.